The van der Waals surface area contributed by atoms with Gasteiger partial charge in [0.2, 0.25) is 0 Å². The summed E-state index contributed by atoms with van der Waals surface area (Å²) in [6.45, 7) is 0. The Hall–Kier alpha value is -7.16. The first-order chi connectivity index (χ1) is 29.8. The number of nitrogens with zero attached hydrogens (tertiary/aromatic N) is 2. The molecular weight excluding hydrogens is 725 g/mol. The summed E-state index contributed by atoms with van der Waals surface area (Å²) in [4.78, 5) is 2.56. The van der Waals surface area contributed by atoms with Crippen LogP contribution in [0.25, 0.3) is 71.6 Å². The molecule has 1 aliphatic carbocycles. The van der Waals surface area contributed by atoms with Crippen LogP contribution in [0.4, 0.5) is 17.1 Å². The molecule has 10 aromatic rings. The van der Waals surface area contributed by atoms with E-state index in [-0.39, 0.29) is 0 Å². The Balaban J connectivity index is 1.19. The highest BCUT2D eigenvalue weighted by Gasteiger charge is 2.26. The van der Waals surface area contributed by atoms with Gasteiger partial charge in [-0.05, 0) is 99.8 Å². The lowest BCUT2D eigenvalue weighted by Gasteiger charge is -2.31. The van der Waals surface area contributed by atoms with Crippen LogP contribution < -0.4 is 4.90 Å². The van der Waals surface area contributed by atoms with Gasteiger partial charge in [-0.3, -0.25) is 0 Å². The van der Waals surface area contributed by atoms with E-state index in [4.69, 9.17) is 0 Å². The van der Waals surface area contributed by atoms with E-state index in [1.54, 1.807) is 0 Å². The molecule has 11 rings (SSSR count). The van der Waals surface area contributed by atoms with Crippen molar-refractivity contribution in [3.05, 3.63) is 218 Å². The first kappa shape index (κ1) is 36.0. The molecule has 2 heteroatoms. The summed E-state index contributed by atoms with van der Waals surface area (Å²) in [6, 6.07) is 78.3. The monoisotopic (exact) mass is 770 g/mol. The van der Waals surface area contributed by atoms with Crippen molar-refractivity contribution in [1.29, 1.82) is 0 Å². The lowest BCUT2D eigenvalue weighted by atomic mass is 9.80. The summed E-state index contributed by atoms with van der Waals surface area (Å²) in [7, 11) is 0. The van der Waals surface area contributed by atoms with Crippen LogP contribution in [0, 0.1) is 0 Å². The second kappa shape index (κ2) is 15.5. The zero-order valence-electron chi connectivity index (χ0n) is 33.7. The van der Waals surface area contributed by atoms with Crippen molar-refractivity contribution >= 4 is 49.6 Å². The van der Waals surface area contributed by atoms with Crippen molar-refractivity contribution in [1.82, 2.24) is 4.57 Å². The van der Waals surface area contributed by atoms with Crippen LogP contribution in [0.5, 0.6) is 0 Å². The van der Waals surface area contributed by atoms with E-state index in [0.717, 1.165) is 22.7 Å². The van der Waals surface area contributed by atoms with Crippen LogP contribution in [0.2, 0.25) is 0 Å². The maximum atomic E-state index is 2.56. The second-order valence-corrected chi connectivity index (χ2v) is 16.3. The van der Waals surface area contributed by atoms with Crippen molar-refractivity contribution in [3.63, 3.8) is 0 Å². The van der Waals surface area contributed by atoms with Crippen molar-refractivity contribution in [2.24, 2.45) is 0 Å². The highest BCUT2D eigenvalue weighted by atomic mass is 15.2. The van der Waals surface area contributed by atoms with Gasteiger partial charge in [0.15, 0.2) is 0 Å². The third-order valence-electron chi connectivity index (χ3n) is 12.8. The molecule has 0 amide bonds. The second-order valence-electron chi connectivity index (χ2n) is 16.3. The van der Waals surface area contributed by atoms with Crippen LogP contribution in [-0.4, -0.2) is 4.57 Å². The smallest absolute Gasteiger partial charge is 0.0562 e. The van der Waals surface area contributed by atoms with Crippen molar-refractivity contribution < 1.29 is 0 Å². The van der Waals surface area contributed by atoms with E-state index in [9.17, 15) is 0 Å². The van der Waals surface area contributed by atoms with E-state index < -0.39 is 0 Å². The average molecular weight is 771 g/mol. The van der Waals surface area contributed by atoms with E-state index in [1.165, 1.54) is 104 Å². The summed E-state index contributed by atoms with van der Waals surface area (Å²) >= 11 is 0. The molecule has 0 unspecified atom stereocenters. The molecule has 0 aliphatic heterocycles. The molecule has 9 aromatic carbocycles. The standard InChI is InChI=1S/C58H46N2/c1-4-19-41(20-5-1)42-37-39-44(40-38-42)47-27-10-13-32-52(47)60(56-36-18-35-55-58(56)51-29-12-15-34-54(51)59(55)46-25-8-3-9-26-46)53-33-14-11-28-49(53)50-31-17-24-45-23-16-30-48(57(45)50)43-21-6-2-7-22-43/h1,3-5,8-20,23-40,43H,2,6-7,21-22H2. The Bertz CT molecular complexity index is 3110. The number of benzene rings is 9. The summed E-state index contributed by atoms with van der Waals surface area (Å²) in [6.07, 6.45) is 6.46. The molecule has 60 heavy (non-hydrogen) atoms. The Kier molecular flexibility index (Phi) is 9.32. The van der Waals surface area contributed by atoms with Gasteiger partial charge in [-0.15, -0.1) is 0 Å². The third-order valence-corrected chi connectivity index (χ3v) is 12.8. The highest BCUT2D eigenvalue weighted by molar-refractivity contribution is 6.17. The quantitative estimate of drug-likeness (QED) is 0.149. The normalized spacial score (nSPS) is 13.3. The van der Waals surface area contributed by atoms with Gasteiger partial charge < -0.3 is 9.47 Å². The number of anilines is 3. The lowest BCUT2D eigenvalue weighted by Crippen LogP contribution is -2.13. The molecule has 288 valence electrons. The number of rotatable bonds is 8. The minimum Gasteiger partial charge on any atom is -0.309 e. The van der Waals surface area contributed by atoms with Crippen LogP contribution in [0.15, 0.2) is 212 Å². The molecule has 1 fully saturated rings. The third kappa shape index (κ3) is 6.28. The predicted molar refractivity (Wildman–Crippen MR) is 255 cm³/mol. The van der Waals surface area contributed by atoms with Gasteiger partial charge in [0.1, 0.15) is 0 Å². The first-order valence-electron chi connectivity index (χ1n) is 21.6. The Morgan fingerprint density at radius 2 is 0.917 bits per heavy atom. The molecule has 0 spiro atoms. The summed E-state index contributed by atoms with van der Waals surface area (Å²) in [5.74, 6) is 0.573. The predicted octanol–water partition coefficient (Wildman–Crippen LogP) is 16.5. The van der Waals surface area contributed by atoms with E-state index in [1.807, 2.05) is 0 Å². The molecule has 1 saturated carbocycles. The van der Waals surface area contributed by atoms with E-state index >= 15 is 0 Å². The maximum Gasteiger partial charge on any atom is 0.0562 e. The van der Waals surface area contributed by atoms with Crippen molar-refractivity contribution in [3.8, 4) is 39.1 Å². The fourth-order valence-corrected chi connectivity index (χ4v) is 10.1. The Labute approximate surface area is 352 Å². The summed E-state index contributed by atoms with van der Waals surface area (Å²) in [5.41, 5.74) is 15.7. The minimum atomic E-state index is 0.573. The number of para-hydroxylation sites is 4. The van der Waals surface area contributed by atoms with Crippen LogP contribution in [0.1, 0.15) is 43.6 Å². The van der Waals surface area contributed by atoms with Crippen LogP contribution in [0.3, 0.4) is 0 Å². The Morgan fingerprint density at radius 3 is 1.70 bits per heavy atom. The molecule has 0 atom stereocenters. The number of fused-ring (bicyclic) bond motifs is 4. The molecule has 0 bridgehead atoms. The number of hydrogen-bond donors (Lipinski definition) is 0. The molecule has 0 radical (unpaired) electrons. The molecule has 1 heterocycles. The zero-order chi connectivity index (χ0) is 39.8. The van der Waals surface area contributed by atoms with Gasteiger partial charge in [-0.2, -0.15) is 0 Å². The summed E-state index contributed by atoms with van der Waals surface area (Å²) < 4.78 is 2.42. The van der Waals surface area contributed by atoms with Gasteiger partial charge in [-0.25, -0.2) is 0 Å². The van der Waals surface area contributed by atoms with Gasteiger partial charge in [0.05, 0.1) is 28.1 Å². The maximum absolute atomic E-state index is 2.56. The molecule has 1 aliphatic rings. The highest BCUT2D eigenvalue weighted by Crippen LogP contribution is 2.50. The Morgan fingerprint density at radius 1 is 0.367 bits per heavy atom. The van der Waals surface area contributed by atoms with E-state index in [2.05, 4.69) is 222 Å². The van der Waals surface area contributed by atoms with Gasteiger partial charge in [0, 0.05) is 27.6 Å². The topological polar surface area (TPSA) is 8.17 Å². The molecule has 1 aromatic heterocycles. The lowest BCUT2D eigenvalue weighted by molar-refractivity contribution is 0.445. The number of aromatic nitrogens is 1. The summed E-state index contributed by atoms with van der Waals surface area (Å²) in [5, 5.41) is 5.15. The fraction of sp³-hybridized carbons (Fsp3) is 0.103. The van der Waals surface area contributed by atoms with Gasteiger partial charge >= 0.3 is 0 Å². The minimum absolute atomic E-state index is 0.573. The van der Waals surface area contributed by atoms with Crippen molar-refractivity contribution in [2.45, 2.75) is 38.0 Å². The van der Waals surface area contributed by atoms with Gasteiger partial charge in [-0.1, -0.05) is 189 Å². The zero-order valence-corrected chi connectivity index (χ0v) is 33.7. The van der Waals surface area contributed by atoms with Crippen LogP contribution >= 0.6 is 0 Å². The molecule has 0 saturated heterocycles. The number of hydrogen-bond acceptors (Lipinski definition) is 1. The largest absolute Gasteiger partial charge is 0.309 e. The molecule has 2 nitrogen and oxygen atoms in total. The first-order valence-corrected chi connectivity index (χ1v) is 21.6. The fourth-order valence-electron chi connectivity index (χ4n) is 10.1. The SMILES string of the molecule is c1ccc(-c2ccc(-c3ccccc3N(c3ccccc3-c3cccc4cccc(C5CCCCC5)c34)c3cccc4c3c3ccccc3n4-c3ccccc3)cc2)cc1. The van der Waals surface area contributed by atoms with Gasteiger partial charge in [0.25, 0.3) is 0 Å². The van der Waals surface area contributed by atoms with Crippen LogP contribution in [-0.2, 0) is 0 Å². The molecule has 0 N–H and O–H groups in total. The molecular formula is C58H46N2. The average Bonchev–Trinajstić information content (AvgIpc) is 3.67. The van der Waals surface area contributed by atoms with Crippen molar-refractivity contribution in [2.75, 3.05) is 4.90 Å². The van der Waals surface area contributed by atoms with E-state index in [0.29, 0.717) is 5.92 Å².